The number of carbonyl (C=O) groups is 2. The summed E-state index contributed by atoms with van der Waals surface area (Å²) in [7, 11) is 0. The Morgan fingerprint density at radius 1 is 1.12 bits per heavy atom. The molecule has 0 aliphatic carbocycles. The molecule has 3 aromatic rings. The van der Waals surface area contributed by atoms with Gasteiger partial charge in [-0.25, -0.2) is 4.39 Å². The number of hydrogen-bond donors (Lipinski definition) is 1. The van der Waals surface area contributed by atoms with Crippen LogP contribution in [0, 0.1) is 5.82 Å². The van der Waals surface area contributed by atoms with Crippen molar-refractivity contribution < 1.29 is 23.8 Å². The predicted molar refractivity (Wildman–Crippen MR) is 116 cm³/mol. The normalized spacial score (nSPS) is 17.6. The van der Waals surface area contributed by atoms with E-state index in [-0.39, 0.29) is 17.9 Å². The minimum Gasteiger partial charge on any atom is -0.507 e. The Labute approximate surface area is 184 Å². The van der Waals surface area contributed by atoms with Crippen LogP contribution in [0.15, 0.2) is 78.6 Å². The topological polar surface area (TPSA) is 79.7 Å². The van der Waals surface area contributed by atoms with E-state index >= 15 is 0 Å². The lowest BCUT2D eigenvalue weighted by Crippen LogP contribution is -2.29. The van der Waals surface area contributed by atoms with Gasteiger partial charge in [0.1, 0.15) is 17.3 Å². The van der Waals surface area contributed by atoms with E-state index in [1.807, 2.05) is 6.92 Å². The third-order valence-corrected chi connectivity index (χ3v) is 5.22. The number of Topliss-reactive ketones (excluding diaryl/α,β-unsaturated/α-hetero) is 1. The number of nitrogens with zero attached hydrogens (tertiary/aromatic N) is 2. The Balaban J connectivity index is 1.82. The summed E-state index contributed by atoms with van der Waals surface area (Å²) in [5.74, 6) is -1.69. The molecule has 0 radical (unpaired) electrons. The van der Waals surface area contributed by atoms with Crippen molar-refractivity contribution in [3.05, 3.63) is 101 Å². The number of halogens is 1. The van der Waals surface area contributed by atoms with Crippen LogP contribution in [0.5, 0.6) is 5.75 Å². The number of likely N-dealkylation sites (tertiary alicyclic amines) is 1. The molecular weight excluding hydrogens is 411 g/mol. The molecule has 0 saturated carbocycles. The van der Waals surface area contributed by atoms with Crippen LogP contribution in [0.1, 0.15) is 29.7 Å². The molecule has 1 aliphatic rings. The Kier molecular flexibility index (Phi) is 5.98. The lowest BCUT2D eigenvalue weighted by molar-refractivity contribution is -0.140. The van der Waals surface area contributed by atoms with Gasteiger partial charge in [0.05, 0.1) is 18.2 Å². The van der Waals surface area contributed by atoms with Gasteiger partial charge in [-0.1, -0.05) is 30.3 Å². The molecule has 2 aromatic carbocycles. The van der Waals surface area contributed by atoms with Gasteiger partial charge in [0, 0.05) is 24.5 Å². The van der Waals surface area contributed by atoms with E-state index in [1.165, 1.54) is 17.0 Å². The number of ether oxygens (including phenoxy) is 1. The number of amides is 1. The van der Waals surface area contributed by atoms with Gasteiger partial charge in [0.25, 0.3) is 11.7 Å². The van der Waals surface area contributed by atoms with Crippen molar-refractivity contribution in [1.29, 1.82) is 0 Å². The maximum absolute atomic E-state index is 13.3. The number of pyridine rings is 1. The molecule has 1 aliphatic heterocycles. The lowest BCUT2D eigenvalue weighted by atomic mass is 9.96. The fourth-order valence-electron chi connectivity index (χ4n) is 3.77. The van der Waals surface area contributed by atoms with E-state index in [0.717, 1.165) is 0 Å². The number of hydrogen-bond acceptors (Lipinski definition) is 5. The molecule has 1 saturated heterocycles. The molecule has 1 amide bonds. The SMILES string of the molecule is CCOc1cccc(/C(O)=C2/C(=O)C(=O)N(Cc3ccc(F)cc3)C2c2cccnc2)c1. The van der Waals surface area contributed by atoms with E-state index < -0.39 is 23.5 Å². The summed E-state index contributed by atoms with van der Waals surface area (Å²) in [5, 5.41) is 11.1. The summed E-state index contributed by atoms with van der Waals surface area (Å²) < 4.78 is 18.8. The average Bonchev–Trinajstić information content (AvgIpc) is 3.06. The van der Waals surface area contributed by atoms with Crippen molar-refractivity contribution in [2.75, 3.05) is 6.61 Å². The molecule has 6 nitrogen and oxygen atoms in total. The number of aliphatic hydroxyl groups is 1. The summed E-state index contributed by atoms with van der Waals surface area (Å²) in [5.41, 5.74) is 1.57. The van der Waals surface area contributed by atoms with E-state index in [0.29, 0.717) is 29.0 Å². The summed E-state index contributed by atoms with van der Waals surface area (Å²) in [6.07, 6.45) is 3.14. The maximum atomic E-state index is 13.3. The minimum absolute atomic E-state index is 0.0289. The molecule has 32 heavy (non-hydrogen) atoms. The highest BCUT2D eigenvalue weighted by Crippen LogP contribution is 2.40. The number of carbonyl (C=O) groups excluding carboxylic acids is 2. The second kappa shape index (κ2) is 9.01. The molecule has 1 fully saturated rings. The molecule has 1 N–H and O–H groups in total. The Hall–Kier alpha value is -4.00. The summed E-state index contributed by atoms with van der Waals surface area (Å²) in [6, 6.07) is 15.0. The smallest absolute Gasteiger partial charge is 0.295 e. The zero-order valence-corrected chi connectivity index (χ0v) is 17.4. The average molecular weight is 432 g/mol. The molecule has 1 aromatic heterocycles. The van der Waals surface area contributed by atoms with Crippen LogP contribution in [0.3, 0.4) is 0 Å². The fourth-order valence-corrected chi connectivity index (χ4v) is 3.77. The highest BCUT2D eigenvalue weighted by atomic mass is 19.1. The monoisotopic (exact) mass is 432 g/mol. The third-order valence-electron chi connectivity index (χ3n) is 5.22. The number of benzene rings is 2. The van der Waals surface area contributed by atoms with E-state index in [2.05, 4.69) is 4.98 Å². The molecule has 1 atom stereocenters. The van der Waals surface area contributed by atoms with Gasteiger partial charge in [-0.3, -0.25) is 14.6 Å². The number of aliphatic hydroxyl groups excluding tert-OH is 1. The lowest BCUT2D eigenvalue weighted by Gasteiger charge is -2.25. The number of aromatic nitrogens is 1. The van der Waals surface area contributed by atoms with Crippen molar-refractivity contribution in [3.8, 4) is 5.75 Å². The number of rotatable bonds is 6. The van der Waals surface area contributed by atoms with Crippen LogP contribution >= 0.6 is 0 Å². The van der Waals surface area contributed by atoms with Crippen LogP contribution in [-0.4, -0.2) is 33.3 Å². The van der Waals surface area contributed by atoms with Gasteiger partial charge in [-0.2, -0.15) is 0 Å². The van der Waals surface area contributed by atoms with E-state index in [1.54, 1.807) is 60.9 Å². The molecule has 162 valence electrons. The molecule has 1 unspecified atom stereocenters. The standard InChI is InChI=1S/C25H21FN2O4/c1-2-32-20-7-3-5-17(13-20)23(29)21-22(18-6-4-12-27-14-18)28(25(31)24(21)30)15-16-8-10-19(26)11-9-16/h3-14,22,29H,2,15H2,1H3/b23-21-. The molecular formula is C25H21FN2O4. The van der Waals surface area contributed by atoms with Crippen molar-refractivity contribution >= 4 is 17.4 Å². The summed E-state index contributed by atoms with van der Waals surface area (Å²) >= 11 is 0. The Morgan fingerprint density at radius 2 is 1.91 bits per heavy atom. The molecule has 4 rings (SSSR count). The van der Waals surface area contributed by atoms with Crippen molar-refractivity contribution in [2.24, 2.45) is 0 Å². The van der Waals surface area contributed by atoms with E-state index in [9.17, 15) is 19.1 Å². The molecule has 0 bridgehead atoms. The molecule has 0 spiro atoms. The van der Waals surface area contributed by atoms with Crippen LogP contribution in [0.25, 0.3) is 5.76 Å². The fraction of sp³-hybridized carbons (Fsp3) is 0.160. The van der Waals surface area contributed by atoms with Crippen molar-refractivity contribution in [1.82, 2.24) is 9.88 Å². The largest absolute Gasteiger partial charge is 0.507 e. The van der Waals surface area contributed by atoms with E-state index in [4.69, 9.17) is 4.74 Å². The Morgan fingerprint density at radius 3 is 2.59 bits per heavy atom. The maximum Gasteiger partial charge on any atom is 0.295 e. The zero-order chi connectivity index (χ0) is 22.7. The Bertz CT molecular complexity index is 1180. The third kappa shape index (κ3) is 4.09. The van der Waals surface area contributed by atoms with Crippen LogP contribution in [0.2, 0.25) is 0 Å². The predicted octanol–water partition coefficient (Wildman–Crippen LogP) is 4.24. The van der Waals surface area contributed by atoms with Crippen LogP contribution in [-0.2, 0) is 16.1 Å². The molecule has 2 heterocycles. The number of ketones is 1. The van der Waals surface area contributed by atoms with Gasteiger partial charge in [0.2, 0.25) is 0 Å². The van der Waals surface area contributed by atoms with Crippen molar-refractivity contribution in [2.45, 2.75) is 19.5 Å². The molecule has 7 heteroatoms. The first-order valence-electron chi connectivity index (χ1n) is 10.2. The summed E-state index contributed by atoms with van der Waals surface area (Å²) in [4.78, 5) is 31.5. The quantitative estimate of drug-likeness (QED) is 0.358. The first kappa shape index (κ1) is 21.2. The van der Waals surface area contributed by atoms with Crippen LogP contribution in [0.4, 0.5) is 4.39 Å². The van der Waals surface area contributed by atoms with Crippen LogP contribution < -0.4 is 4.74 Å². The minimum atomic E-state index is -0.843. The highest BCUT2D eigenvalue weighted by Gasteiger charge is 2.46. The first-order chi connectivity index (χ1) is 15.5. The van der Waals surface area contributed by atoms with Crippen molar-refractivity contribution in [3.63, 3.8) is 0 Å². The van der Waals surface area contributed by atoms with Gasteiger partial charge in [-0.15, -0.1) is 0 Å². The highest BCUT2D eigenvalue weighted by molar-refractivity contribution is 6.46. The van der Waals surface area contributed by atoms with Gasteiger partial charge < -0.3 is 14.7 Å². The first-order valence-corrected chi connectivity index (χ1v) is 10.2. The summed E-state index contributed by atoms with van der Waals surface area (Å²) in [6.45, 7) is 2.36. The van der Waals surface area contributed by atoms with Gasteiger partial charge in [-0.05, 0) is 48.4 Å². The van der Waals surface area contributed by atoms with Gasteiger partial charge >= 0.3 is 0 Å². The second-order valence-electron chi connectivity index (χ2n) is 7.30. The van der Waals surface area contributed by atoms with Gasteiger partial charge in [0.15, 0.2) is 0 Å². The zero-order valence-electron chi connectivity index (χ0n) is 17.4. The second-order valence-corrected chi connectivity index (χ2v) is 7.30.